The minimum atomic E-state index is -3.03. The van der Waals surface area contributed by atoms with E-state index in [-0.39, 0.29) is 16.9 Å². The molecule has 0 bridgehead atoms. The highest BCUT2D eigenvalue weighted by atomic mass is 35.5. The summed E-state index contributed by atoms with van der Waals surface area (Å²) in [5.41, 5.74) is 1.26. The fraction of sp³-hybridized carbons (Fsp3) is 0.333. The van der Waals surface area contributed by atoms with Crippen LogP contribution < -0.4 is 15.4 Å². The fourth-order valence-corrected chi connectivity index (χ4v) is 6.20. The number of carbonyl (C=O) groups excluding carboxylic acids is 1. The molecular weight excluding hydrogens is 524 g/mol. The van der Waals surface area contributed by atoms with Gasteiger partial charge in [-0.3, -0.25) is 9.69 Å². The number of halogens is 3. The van der Waals surface area contributed by atoms with Crippen LogP contribution in [0.15, 0.2) is 42.9 Å². The van der Waals surface area contributed by atoms with Crippen molar-refractivity contribution in [1.29, 1.82) is 0 Å². The van der Waals surface area contributed by atoms with E-state index >= 15 is 0 Å². The van der Waals surface area contributed by atoms with Crippen molar-refractivity contribution < 1.29 is 18.3 Å². The quantitative estimate of drug-likeness (QED) is 0.362. The molecule has 1 aromatic carbocycles. The number of fused-ring (bicyclic) bond motifs is 2. The van der Waals surface area contributed by atoms with Crippen molar-refractivity contribution in [3.05, 3.63) is 58.4 Å². The zero-order chi connectivity index (χ0) is 25.5. The first-order chi connectivity index (χ1) is 17.9. The van der Waals surface area contributed by atoms with Gasteiger partial charge in [-0.25, -0.2) is 14.5 Å². The molecule has 9 nitrogen and oxygen atoms in total. The maximum Gasteiger partial charge on any atom is 0.387 e. The van der Waals surface area contributed by atoms with Crippen molar-refractivity contribution in [3.63, 3.8) is 0 Å². The lowest BCUT2D eigenvalue weighted by Crippen LogP contribution is -2.25. The van der Waals surface area contributed by atoms with E-state index in [4.69, 9.17) is 21.3 Å². The van der Waals surface area contributed by atoms with Crippen molar-refractivity contribution in [1.82, 2.24) is 29.8 Å². The first-order valence-electron chi connectivity index (χ1n) is 11.7. The van der Waals surface area contributed by atoms with Crippen molar-refractivity contribution in [2.75, 3.05) is 31.5 Å². The number of hydrogen-bond donors (Lipinski definition) is 2. The monoisotopic (exact) mass is 545 g/mol. The second-order valence-electron chi connectivity index (χ2n) is 9.08. The average molecular weight is 546 g/mol. The Morgan fingerprint density at radius 3 is 2.89 bits per heavy atom. The average Bonchev–Trinajstić information content (AvgIpc) is 3.63. The first kappa shape index (κ1) is 24.2. The number of rotatable bonds is 7. The fourth-order valence-electron chi connectivity index (χ4n) is 5.02. The number of ether oxygens (including phenoxy) is 1. The molecule has 2 saturated heterocycles. The maximum absolute atomic E-state index is 13.3. The number of aromatic nitrogens is 4. The van der Waals surface area contributed by atoms with Gasteiger partial charge in [0.25, 0.3) is 5.91 Å². The molecule has 0 unspecified atom stereocenters. The zero-order valence-corrected chi connectivity index (χ0v) is 21.0. The van der Waals surface area contributed by atoms with E-state index in [1.54, 1.807) is 18.5 Å². The van der Waals surface area contributed by atoms with Crippen LogP contribution in [0.2, 0.25) is 5.02 Å². The van der Waals surface area contributed by atoms with Crippen LogP contribution in [0.1, 0.15) is 15.4 Å². The number of likely N-dealkylation sites (tertiary alicyclic amines) is 1. The molecule has 13 heteroatoms. The van der Waals surface area contributed by atoms with Gasteiger partial charge >= 0.3 is 6.61 Å². The second kappa shape index (κ2) is 9.93. The predicted molar refractivity (Wildman–Crippen MR) is 135 cm³/mol. The summed E-state index contributed by atoms with van der Waals surface area (Å²) in [6, 6.07) is 6.06. The summed E-state index contributed by atoms with van der Waals surface area (Å²) in [5, 5.41) is 12.0. The number of hydrogen-bond acceptors (Lipinski definition) is 8. The van der Waals surface area contributed by atoms with Gasteiger partial charge in [0, 0.05) is 36.1 Å². The molecule has 37 heavy (non-hydrogen) atoms. The standard InChI is InChI=1S/C24H22ClF2N7O2S/c25-15-2-3-18(36-24(26)27)16(6-15)20-23(32-22(35)17-9-30-34-5-1-4-29-21(17)34)37-19(31-20)12-33-10-13-7-28-8-14(13)11-33/h1-6,9,13-14,24,28H,7-8,10-12H2,(H,32,35)/t13-,14+. The van der Waals surface area contributed by atoms with Gasteiger partial charge in [-0.1, -0.05) is 22.9 Å². The molecule has 5 heterocycles. The smallest absolute Gasteiger partial charge is 0.387 e. The Bertz CT molecular complexity index is 1450. The highest BCUT2D eigenvalue weighted by Crippen LogP contribution is 2.41. The Hall–Kier alpha value is -3.19. The largest absolute Gasteiger partial charge is 0.434 e. The SMILES string of the molecule is O=C(Nc1sc(CN2C[C@H]3CNC[C@H]3C2)nc1-c1cc(Cl)ccc1OC(F)F)c1cnn2cccnc12. The maximum atomic E-state index is 13.3. The summed E-state index contributed by atoms with van der Waals surface area (Å²) >= 11 is 7.52. The van der Waals surface area contributed by atoms with Crippen LogP contribution in [-0.2, 0) is 6.54 Å². The normalized spacial score (nSPS) is 19.6. The van der Waals surface area contributed by atoms with Gasteiger partial charge < -0.3 is 15.4 Å². The predicted octanol–water partition coefficient (Wildman–Crippen LogP) is 4.01. The van der Waals surface area contributed by atoms with E-state index in [1.165, 1.54) is 40.2 Å². The molecule has 0 saturated carbocycles. The number of nitrogens with zero attached hydrogens (tertiary/aromatic N) is 5. The van der Waals surface area contributed by atoms with Gasteiger partial charge in [-0.2, -0.15) is 13.9 Å². The van der Waals surface area contributed by atoms with Gasteiger partial charge in [0.05, 0.1) is 12.7 Å². The molecule has 0 aliphatic carbocycles. The zero-order valence-electron chi connectivity index (χ0n) is 19.4. The van der Waals surface area contributed by atoms with Crippen molar-refractivity contribution in [3.8, 4) is 17.0 Å². The second-order valence-corrected chi connectivity index (χ2v) is 10.6. The summed E-state index contributed by atoms with van der Waals surface area (Å²) in [6.07, 6.45) is 4.70. The van der Waals surface area contributed by atoms with E-state index in [1.807, 2.05) is 0 Å². The Kier molecular flexibility index (Phi) is 6.49. The minimum absolute atomic E-state index is 0.0776. The molecule has 2 aliphatic rings. The van der Waals surface area contributed by atoms with Crippen LogP contribution in [0.25, 0.3) is 16.9 Å². The third-order valence-electron chi connectivity index (χ3n) is 6.66. The van der Waals surface area contributed by atoms with E-state index in [2.05, 4.69) is 25.6 Å². The number of alkyl halides is 2. The molecule has 3 aromatic heterocycles. The van der Waals surface area contributed by atoms with Gasteiger partial charge in [-0.05, 0) is 49.2 Å². The molecule has 2 aliphatic heterocycles. The Morgan fingerprint density at radius 1 is 1.30 bits per heavy atom. The summed E-state index contributed by atoms with van der Waals surface area (Å²) in [6.45, 7) is 1.49. The molecule has 0 spiro atoms. The van der Waals surface area contributed by atoms with Gasteiger partial charge in [0.2, 0.25) is 0 Å². The highest BCUT2D eigenvalue weighted by Gasteiger charge is 2.36. The van der Waals surface area contributed by atoms with Crippen LogP contribution >= 0.6 is 22.9 Å². The molecule has 2 fully saturated rings. The minimum Gasteiger partial charge on any atom is -0.434 e. The third-order valence-corrected chi connectivity index (χ3v) is 7.85. The Balaban J connectivity index is 1.35. The summed E-state index contributed by atoms with van der Waals surface area (Å²) in [4.78, 5) is 24.6. The number of nitrogens with one attached hydrogen (secondary N) is 2. The van der Waals surface area contributed by atoms with Crippen LogP contribution in [0.5, 0.6) is 5.75 Å². The Morgan fingerprint density at radius 2 is 2.11 bits per heavy atom. The molecule has 2 atom stereocenters. The highest BCUT2D eigenvalue weighted by molar-refractivity contribution is 7.16. The topological polar surface area (TPSA) is 96.7 Å². The summed E-state index contributed by atoms with van der Waals surface area (Å²) in [7, 11) is 0. The number of anilines is 1. The van der Waals surface area contributed by atoms with E-state index in [0.717, 1.165) is 31.2 Å². The first-order valence-corrected chi connectivity index (χ1v) is 12.9. The number of amides is 1. The van der Waals surface area contributed by atoms with Crippen molar-refractivity contribution in [2.24, 2.45) is 11.8 Å². The van der Waals surface area contributed by atoms with Gasteiger partial charge in [-0.15, -0.1) is 0 Å². The van der Waals surface area contributed by atoms with Crippen LogP contribution in [-0.4, -0.2) is 63.2 Å². The molecule has 1 amide bonds. The molecule has 4 aromatic rings. The van der Waals surface area contributed by atoms with Crippen LogP contribution in [0.3, 0.4) is 0 Å². The molecule has 192 valence electrons. The van der Waals surface area contributed by atoms with E-state index < -0.39 is 12.5 Å². The van der Waals surface area contributed by atoms with Crippen molar-refractivity contribution in [2.45, 2.75) is 13.2 Å². The Labute approximate surface area is 219 Å². The van der Waals surface area contributed by atoms with Gasteiger partial charge in [0.15, 0.2) is 5.65 Å². The number of carbonyl (C=O) groups is 1. The molecule has 6 rings (SSSR count). The number of thiazole rings is 1. The van der Waals surface area contributed by atoms with Crippen molar-refractivity contribution >= 4 is 39.5 Å². The van der Waals surface area contributed by atoms with Crippen LogP contribution in [0, 0.1) is 11.8 Å². The summed E-state index contributed by atoms with van der Waals surface area (Å²) < 4.78 is 32.6. The lowest BCUT2D eigenvalue weighted by Gasteiger charge is -2.14. The molecular formula is C24H22ClF2N7O2S. The van der Waals surface area contributed by atoms with E-state index in [9.17, 15) is 13.6 Å². The molecule has 2 N–H and O–H groups in total. The lowest BCUT2D eigenvalue weighted by molar-refractivity contribution is -0.0494. The number of benzene rings is 1. The third kappa shape index (κ3) is 4.89. The van der Waals surface area contributed by atoms with Gasteiger partial charge in [0.1, 0.15) is 27.0 Å². The molecule has 0 radical (unpaired) electrons. The summed E-state index contributed by atoms with van der Waals surface area (Å²) in [5.74, 6) is 0.706. The van der Waals surface area contributed by atoms with Crippen LogP contribution in [0.4, 0.5) is 13.8 Å². The lowest BCUT2D eigenvalue weighted by atomic mass is 10.0. The van der Waals surface area contributed by atoms with E-state index in [0.29, 0.717) is 39.7 Å².